The van der Waals surface area contributed by atoms with Crippen LogP contribution in [0.4, 0.5) is 5.69 Å². The molecule has 8 rings (SSSR count). The predicted octanol–water partition coefficient (Wildman–Crippen LogP) is 7.47. The van der Waals surface area contributed by atoms with E-state index in [-0.39, 0.29) is 34.8 Å². The molecule has 0 fully saturated rings. The number of carbonyl (C=O) groups excluding carboxylic acids is 4. The van der Waals surface area contributed by atoms with E-state index in [1.165, 1.54) is 4.90 Å². The van der Waals surface area contributed by atoms with Gasteiger partial charge in [-0.1, -0.05) is 70.2 Å². The van der Waals surface area contributed by atoms with Crippen molar-refractivity contribution < 1.29 is 29.1 Å². The number of hydrogen-bond donors (Lipinski definition) is 1. The fourth-order valence-electron chi connectivity index (χ4n) is 7.57. The number of para-hydroxylation sites is 1. The number of carboxylic acids is 1. The number of benzene rings is 6. The molecule has 6 aromatic rings. The summed E-state index contributed by atoms with van der Waals surface area (Å²) in [6.45, 7) is 7.49. The number of hydrogen-bond acceptors (Lipinski definition) is 5. The number of carbonyl (C=O) groups is 5. The molecule has 0 unspecified atom stereocenters. The third-order valence-corrected chi connectivity index (χ3v) is 9.58. The van der Waals surface area contributed by atoms with Gasteiger partial charge in [0.15, 0.2) is 0 Å². The smallest absolute Gasteiger partial charge is 0.323 e. The number of nitrogens with zero attached hydrogens (tertiary/aromatic N) is 2. The molecule has 4 amide bonds. The van der Waals surface area contributed by atoms with Gasteiger partial charge in [-0.3, -0.25) is 28.9 Å². The van der Waals surface area contributed by atoms with Crippen LogP contribution in [0.5, 0.6) is 0 Å². The maximum atomic E-state index is 14.4. The van der Waals surface area contributed by atoms with Crippen molar-refractivity contribution in [3.63, 3.8) is 0 Å². The first-order chi connectivity index (χ1) is 22.0. The lowest BCUT2D eigenvalue weighted by molar-refractivity contribution is -0.137. The number of fused-ring (bicyclic) bond motifs is 2. The van der Waals surface area contributed by atoms with Gasteiger partial charge in [0.05, 0.1) is 5.69 Å². The van der Waals surface area contributed by atoms with Crippen molar-refractivity contribution in [1.82, 2.24) is 4.90 Å². The van der Waals surface area contributed by atoms with E-state index in [1.807, 2.05) is 30.3 Å². The van der Waals surface area contributed by atoms with Gasteiger partial charge < -0.3 is 5.11 Å². The van der Waals surface area contributed by atoms with Crippen LogP contribution in [-0.4, -0.2) is 46.1 Å². The van der Waals surface area contributed by atoms with Crippen LogP contribution in [0.25, 0.3) is 43.1 Å². The highest BCUT2D eigenvalue weighted by atomic mass is 16.4. The Morgan fingerprint density at radius 2 is 0.935 bits per heavy atom. The van der Waals surface area contributed by atoms with Crippen LogP contribution >= 0.6 is 0 Å². The Morgan fingerprint density at radius 3 is 1.28 bits per heavy atom. The molecular formula is C38H28N2O6. The molecule has 46 heavy (non-hydrogen) atoms. The highest BCUT2D eigenvalue weighted by Gasteiger charge is 2.39. The fraction of sp³-hybridized carbons (Fsp3) is 0.184. The van der Waals surface area contributed by atoms with Gasteiger partial charge in [0, 0.05) is 33.0 Å². The maximum Gasteiger partial charge on any atom is 0.323 e. The molecule has 0 aliphatic carbocycles. The molecule has 0 radical (unpaired) electrons. The molecule has 2 aliphatic heterocycles. The van der Waals surface area contributed by atoms with Crippen molar-refractivity contribution in [2.75, 3.05) is 11.4 Å². The molecule has 2 heterocycles. The quantitative estimate of drug-likeness (QED) is 0.124. The minimum absolute atomic E-state index is 0.0830. The van der Waals surface area contributed by atoms with Gasteiger partial charge in [0.25, 0.3) is 23.6 Å². The van der Waals surface area contributed by atoms with Crippen molar-refractivity contribution in [3.8, 4) is 0 Å². The molecule has 8 nitrogen and oxygen atoms in total. The minimum atomic E-state index is -1.28. The molecule has 0 aromatic heterocycles. The van der Waals surface area contributed by atoms with E-state index in [2.05, 4.69) is 27.7 Å². The predicted molar refractivity (Wildman–Crippen MR) is 176 cm³/mol. The second-order valence-corrected chi connectivity index (χ2v) is 12.8. The first-order valence-electron chi connectivity index (χ1n) is 15.3. The zero-order valence-corrected chi connectivity index (χ0v) is 25.6. The summed E-state index contributed by atoms with van der Waals surface area (Å²) in [6.07, 6.45) is 0. The van der Waals surface area contributed by atoms with Crippen LogP contribution in [0.15, 0.2) is 66.7 Å². The Morgan fingerprint density at radius 1 is 0.565 bits per heavy atom. The van der Waals surface area contributed by atoms with Crippen molar-refractivity contribution >= 4 is 78.4 Å². The Kier molecular flexibility index (Phi) is 5.72. The topological polar surface area (TPSA) is 112 Å². The summed E-state index contributed by atoms with van der Waals surface area (Å²) < 4.78 is 0. The fourth-order valence-corrected chi connectivity index (χ4v) is 7.57. The SMILES string of the molecule is CC(C)c1cccc(C(C)C)c1N1C(=O)c2ccc3c4ccc5c6c(ccc(c7ccc(c2c37)C1=O)c64)C(=O)N(CC(=O)O)C5=O. The highest BCUT2D eigenvalue weighted by Crippen LogP contribution is 2.47. The van der Waals surface area contributed by atoms with E-state index in [4.69, 9.17) is 0 Å². The number of anilines is 1. The van der Waals surface area contributed by atoms with Crippen molar-refractivity contribution in [2.45, 2.75) is 39.5 Å². The average Bonchev–Trinajstić information content (AvgIpc) is 3.03. The Bertz CT molecular complexity index is 2270. The average molecular weight is 609 g/mol. The van der Waals surface area contributed by atoms with Gasteiger partial charge in [-0.05, 0) is 79.5 Å². The van der Waals surface area contributed by atoms with Gasteiger partial charge in [-0.25, -0.2) is 4.90 Å². The Labute approximate surface area is 263 Å². The lowest BCUT2D eigenvalue weighted by Gasteiger charge is -2.33. The summed E-state index contributed by atoms with van der Waals surface area (Å²) >= 11 is 0. The van der Waals surface area contributed by atoms with Crippen LogP contribution in [0, 0.1) is 0 Å². The van der Waals surface area contributed by atoms with Gasteiger partial charge in [0.1, 0.15) is 6.54 Å². The number of carboxylic acid groups (broad SMARTS) is 1. The molecule has 226 valence electrons. The van der Waals surface area contributed by atoms with Crippen LogP contribution in [0.1, 0.15) is 92.1 Å². The highest BCUT2D eigenvalue weighted by molar-refractivity contribution is 6.44. The summed E-state index contributed by atoms with van der Waals surface area (Å²) in [4.78, 5) is 69.1. The van der Waals surface area contributed by atoms with E-state index in [9.17, 15) is 29.1 Å². The van der Waals surface area contributed by atoms with Gasteiger partial charge >= 0.3 is 5.97 Å². The van der Waals surface area contributed by atoms with Gasteiger partial charge in [-0.2, -0.15) is 0 Å². The van der Waals surface area contributed by atoms with Crippen LogP contribution in [0.3, 0.4) is 0 Å². The van der Waals surface area contributed by atoms with E-state index >= 15 is 0 Å². The molecule has 0 atom stereocenters. The van der Waals surface area contributed by atoms with Crippen LogP contribution < -0.4 is 4.90 Å². The molecule has 6 aromatic carbocycles. The molecule has 0 bridgehead atoms. The third kappa shape index (κ3) is 3.46. The van der Waals surface area contributed by atoms with E-state index < -0.39 is 24.3 Å². The number of rotatable bonds is 5. The second kappa shape index (κ2) is 9.44. The standard InChI is InChI=1S/C38H28N2O6/c1-17(2)19-6-5-7-20(18(3)4)34(19)40-37(45)27-14-10-23-21-8-12-25-32-26(36(44)39(35(25)43)16-29(41)42)13-9-22(30(21)32)24-11-15-28(38(40)46)33(27)31(23)24/h5-15,17-18H,16H2,1-4H3,(H,41,42). The number of imide groups is 2. The van der Waals surface area contributed by atoms with E-state index in [0.29, 0.717) is 33.0 Å². The van der Waals surface area contributed by atoms with Crippen molar-refractivity contribution in [1.29, 1.82) is 0 Å². The molecule has 8 heteroatoms. The number of amides is 4. The van der Waals surface area contributed by atoms with Crippen molar-refractivity contribution in [2.24, 2.45) is 0 Å². The molecule has 0 spiro atoms. The van der Waals surface area contributed by atoms with E-state index in [1.54, 1.807) is 36.4 Å². The molecule has 0 saturated carbocycles. The first-order valence-corrected chi connectivity index (χ1v) is 15.3. The second-order valence-electron chi connectivity index (χ2n) is 12.8. The summed E-state index contributed by atoms with van der Waals surface area (Å²) in [7, 11) is 0. The van der Waals surface area contributed by atoms with Gasteiger partial charge in [0.2, 0.25) is 0 Å². The Balaban J connectivity index is 1.41. The van der Waals surface area contributed by atoms with Crippen LogP contribution in [-0.2, 0) is 4.79 Å². The zero-order valence-electron chi connectivity index (χ0n) is 25.6. The number of aliphatic carboxylic acids is 1. The Hall–Kier alpha value is -5.63. The molecule has 0 saturated heterocycles. The molecular weight excluding hydrogens is 580 g/mol. The summed E-state index contributed by atoms with van der Waals surface area (Å²) in [5, 5.41) is 15.0. The summed E-state index contributed by atoms with van der Waals surface area (Å²) in [5.41, 5.74) is 3.91. The first kappa shape index (κ1) is 27.9. The maximum absolute atomic E-state index is 14.4. The third-order valence-electron chi connectivity index (χ3n) is 9.58. The van der Waals surface area contributed by atoms with Gasteiger partial charge in [-0.15, -0.1) is 0 Å². The minimum Gasteiger partial charge on any atom is -0.480 e. The monoisotopic (exact) mass is 608 g/mol. The molecule has 1 N–H and O–H groups in total. The summed E-state index contributed by atoms with van der Waals surface area (Å²) in [6, 6.07) is 20.1. The van der Waals surface area contributed by atoms with Crippen molar-refractivity contribution in [3.05, 3.63) is 100 Å². The zero-order chi connectivity index (χ0) is 32.3. The lowest BCUT2D eigenvalue weighted by atomic mass is 9.82. The molecule has 2 aliphatic rings. The largest absolute Gasteiger partial charge is 0.480 e. The summed E-state index contributed by atoms with van der Waals surface area (Å²) in [5.74, 6) is -3.17. The van der Waals surface area contributed by atoms with Crippen LogP contribution in [0.2, 0.25) is 0 Å². The normalized spacial score (nSPS) is 14.8. The van der Waals surface area contributed by atoms with E-state index in [0.717, 1.165) is 43.0 Å². The lowest BCUT2D eigenvalue weighted by Crippen LogP contribution is -2.43.